The zero-order chi connectivity index (χ0) is 41.3. The number of halogens is 9. The van der Waals surface area contributed by atoms with Gasteiger partial charge in [0.05, 0.1) is 30.2 Å². The number of nitrogens with one attached hydrogen (secondary N) is 1. The van der Waals surface area contributed by atoms with Crippen molar-refractivity contribution in [1.82, 2.24) is 14.8 Å². The lowest BCUT2D eigenvalue weighted by molar-refractivity contribution is -0.144. The minimum atomic E-state index is -5.30. The van der Waals surface area contributed by atoms with Gasteiger partial charge in [0.2, 0.25) is 5.91 Å². The van der Waals surface area contributed by atoms with E-state index in [1.807, 2.05) is 0 Å². The van der Waals surface area contributed by atoms with Crippen LogP contribution in [0, 0.1) is 19.7 Å². The van der Waals surface area contributed by atoms with Crippen LogP contribution < -0.4 is 10.9 Å². The first kappa shape index (κ1) is 42.4. The molecule has 56 heavy (non-hydrogen) atoms. The molecule has 3 aromatic carbocycles. The number of carbonyl (C=O) groups is 2. The van der Waals surface area contributed by atoms with Crippen LogP contribution in [0.3, 0.4) is 0 Å². The summed E-state index contributed by atoms with van der Waals surface area (Å²) in [6, 6.07) is 6.63. The van der Waals surface area contributed by atoms with Gasteiger partial charge in [-0.15, -0.1) is 0 Å². The third-order valence-electron chi connectivity index (χ3n) is 9.29. The number of esters is 1. The van der Waals surface area contributed by atoms with Crippen molar-refractivity contribution in [1.29, 1.82) is 0 Å². The molecule has 17 heteroatoms. The number of ether oxygens (including phenoxy) is 1. The van der Waals surface area contributed by atoms with Crippen LogP contribution in [0.25, 0.3) is 11.1 Å². The van der Waals surface area contributed by atoms with Gasteiger partial charge in [0, 0.05) is 47.5 Å². The number of phenols is 1. The first-order valence-corrected chi connectivity index (χ1v) is 18.1. The van der Waals surface area contributed by atoms with Gasteiger partial charge in [-0.1, -0.05) is 34.1 Å². The first-order valence-electron chi connectivity index (χ1n) is 17.3. The van der Waals surface area contributed by atoms with Crippen LogP contribution in [0.5, 0.6) is 5.75 Å². The summed E-state index contributed by atoms with van der Waals surface area (Å²) in [4.78, 5) is 42.5. The standard InChI is InChI=1S/C39H36BrF8N3O5/c1-4-56-33(54)16-30(27-13-24(14-29(35(27)42)39(46,47)48)34-21(3)10-20(2)11-31(34)52)49-37(55)36(22-6-5-7-25(40)12-22)51-17-23(8-9-50-18-26(41)19-50)28(15-32(51)53)38(43,44)45/h5-7,10-15,17,26,30,36,52H,4,8-9,16,18-19H2,1-3H3,(H,49,55)/t30-,36?/m0/s1. The Hall–Kier alpha value is -4.77. The van der Waals surface area contributed by atoms with Crippen molar-refractivity contribution in [3.63, 3.8) is 0 Å². The molecular formula is C39H36BrF8N3O5. The number of alkyl halides is 7. The Morgan fingerprint density at radius 3 is 2.27 bits per heavy atom. The maximum absolute atomic E-state index is 16.2. The molecule has 1 aliphatic rings. The predicted molar refractivity (Wildman–Crippen MR) is 193 cm³/mol. The molecule has 1 aliphatic heterocycles. The van der Waals surface area contributed by atoms with Crippen LogP contribution in [-0.2, 0) is 33.1 Å². The van der Waals surface area contributed by atoms with Crippen molar-refractivity contribution in [3.8, 4) is 16.9 Å². The minimum absolute atomic E-state index is 0.00281. The molecule has 2 atom stereocenters. The van der Waals surface area contributed by atoms with Crippen molar-refractivity contribution >= 4 is 27.8 Å². The molecule has 1 amide bonds. The summed E-state index contributed by atoms with van der Waals surface area (Å²) in [6.45, 7) is 4.39. The molecule has 5 rings (SSSR count). The van der Waals surface area contributed by atoms with Crippen molar-refractivity contribution < 1.29 is 54.6 Å². The summed E-state index contributed by atoms with van der Waals surface area (Å²) in [6.07, 6.45) is -11.8. The second-order valence-electron chi connectivity index (χ2n) is 13.5. The van der Waals surface area contributed by atoms with Gasteiger partial charge in [-0.05, 0) is 85.3 Å². The van der Waals surface area contributed by atoms with Crippen LogP contribution >= 0.6 is 15.9 Å². The molecule has 8 nitrogen and oxygen atoms in total. The quantitative estimate of drug-likeness (QED) is 0.110. The number of aromatic nitrogens is 1. The van der Waals surface area contributed by atoms with E-state index in [2.05, 4.69) is 21.2 Å². The second kappa shape index (κ2) is 16.8. The van der Waals surface area contributed by atoms with E-state index in [1.165, 1.54) is 38.1 Å². The number of hydrogen-bond donors (Lipinski definition) is 2. The van der Waals surface area contributed by atoms with E-state index in [0.717, 1.165) is 12.3 Å². The van der Waals surface area contributed by atoms with Crippen molar-refractivity contribution in [2.75, 3.05) is 26.2 Å². The number of amides is 1. The number of phenolic OH excluding ortho intramolecular Hbond substituents is 1. The van der Waals surface area contributed by atoms with E-state index in [9.17, 15) is 50.2 Å². The van der Waals surface area contributed by atoms with Crippen molar-refractivity contribution in [2.24, 2.45) is 0 Å². The summed E-state index contributed by atoms with van der Waals surface area (Å²) < 4.78 is 122. The number of hydrogen-bond acceptors (Lipinski definition) is 6. The van der Waals surface area contributed by atoms with Crippen molar-refractivity contribution in [3.05, 3.63) is 120 Å². The SMILES string of the molecule is CCOC(=O)C[C@H](NC(=O)C(c1cccc(Br)c1)n1cc(CCN2CC(F)C2)c(C(F)(F)F)cc1=O)c1cc(-c2c(C)cc(C)cc2O)cc(C(F)(F)F)c1F. The van der Waals surface area contributed by atoms with E-state index >= 15 is 4.39 Å². The van der Waals surface area contributed by atoms with E-state index in [-0.39, 0.29) is 49.4 Å². The van der Waals surface area contributed by atoms with E-state index in [4.69, 9.17) is 4.74 Å². The molecule has 1 saturated heterocycles. The molecule has 0 saturated carbocycles. The van der Waals surface area contributed by atoms with Gasteiger partial charge in [0.15, 0.2) is 0 Å². The number of pyridine rings is 1. The van der Waals surface area contributed by atoms with E-state index in [1.54, 1.807) is 24.0 Å². The van der Waals surface area contributed by atoms with Crippen LogP contribution in [0.15, 0.2) is 70.1 Å². The average Bonchev–Trinajstić information content (AvgIpc) is 3.06. The minimum Gasteiger partial charge on any atom is -0.507 e. The fourth-order valence-electron chi connectivity index (χ4n) is 6.79. The van der Waals surface area contributed by atoms with Gasteiger partial charge in [-0.2, -0.15) is 26.3 Å². The summed E-state index contributed by atoms with van der Waals surface area (Å²) in [5.41, 5.74) is -5.05. The van der Waals surface area contributed by atoms with Gasteiger partial charge in [0.25, 0.3) is 5.56 Å². The van der Waals surface area contributed by atoms with Gasteiger partial charge in [0.1, 0.15) is 23.8 Å². The van der Waals surface area contributed by atoms with Crippen molar-refractivity contribution in [2.45, 2.75) is 64.2 Å². The molecule has 2 heterocycles. The fraction of sp³-hybridized carbons (Fsp3) is 0.359. The lowest BCUT2D eigenvalue weighted by atomic mass is 9.90. The number of aromatic hydroxyl groups is 1. The highest BCUT2D eigenvalue weighted by Gasteiger charge is 2.40. The summed E-state index contributed by atoms with van der Waals surface area (Å²) in [5.74, 6) is -4.54. The Morgan fingerprint density at radius 1 is 1.00 bits per heavy atom. The number of benzene rings is 3. The van der Waals surface area contributed by atoms with Gasteiger partial charge in [-0.25, -0.2) is 8.78 Å². The highest BCUT2D eigenvalue weighted by molar-refractivity contribution is 9.10. The smallest absolute Gasteiger partial charge is 0.419 e. The van der Waals surface area contributed by atoms with Crippen LogP contribution in [-0.4, -0.2) is 58.9 Å². The Kier molecular flexibility index (Phi) is 12.7. The maximum atomic E-state index is 16.2. The molecule has 1 fully saturated rings. The molecule has 0 bridgehead atoms. The second-order valence-corrected chi connectivity index (χ2v) is 14.4. The topological polar surface area (TPSA) is 101 Å². The van der Waals surface area contributed by atoms with Gasteiger partial charge >= 0.3 is 18.3 Å². The highest BCUT2D eigenvalue weighted by Crippen LogP contribution is 2.42. The summed E-state index contributed by atoms with van der Waals surface area (Å²) in [5, 5.41) is 13.2. The molecular weight excluding hydrogens is 822 g/mol. The molecule has 1 aromatic heterocycles. The number of rotatable bonds is 12. The molecule has 1 unspecified atom stereocenters. The predicted octanol–water partition coefficient (Wildman–Crippen LogP) is 8.37. The molecule has 0 radical (unpaired) electrons. The normalized spacial score (nSPS) is 14.9. The lowest BCUT2D eigenvalue weighted by Gasteiger charge is -2.34. The zero-order valence-electron chi connectivity index (χ0n) is 30.1. The monoisotopic (exact) mass is 857 g/mol. The highest BCUT2D eigenvalue weighted by atomic mass is 79.9. The zero-order valence-corrected chi connectivity index (χ0v) is 31.7. The Morgan fingerprint density at radius 2 is 1.68 bits per heavy atom. The largest absolute Gasteiger partial charge is 0.507 e. The Labute approximate surface area is 324 Å². The summed E-state index contributed by atoms with van der Waals surface area (Å²) >= 11 is 3.26. The number of likely N-dealkylation sites (tertiary alicyclic amines) is 1. The third-order valence-corrected chi connectivity index (χ3v) is 9.78. The Bertz CT molecular complexity index is 2160. The maximum Gasteiger partial charge on any atom is 0.419 e. The molecule has 300 valence electrons. The number of aryl methyl sites for hydroxylation is 2. The van der Waals surface area contributed by atoms with Gasteiger partial charge < -0.3 is 15.2 Å². The first-order chi connectivity index (χ1) is 26.2. The third kappa shape index (κ3) is 9.60. The molecule has 4 aromatic rings. The van der Waals surface area contributed by atoms with Crippen LogP contribution in [0.2, 0.25) is 0 Å². The Balaban J connectivity index is 1.68. The molecule has 0 spiro atoms. The number of nitrogens with zero attached hydrogens (tertiary/aromatic N) is 2. The van der Waals surface area contributed by atoms with Crippen LogP contribution in [0.1, 0.15) is 64.4 Å². The molecule has 0 aliphatic carbocycles. The molecule has 2 N–H and O–H groups in total. The summed E-state index contributed by atoms with van der Waals surface area (Å²) in [7, 11) is 0. The van der Waals surface area contributed by atoms with E-state index < -0.39 is 88.3 Å². The fourth-order valence-corrected chi connectivity index (χ4v) is 7.20. The van der Waals surface area contributed by atoms with E-state index in [0.29, 0.717) is 32.3 Å². The van der Waals surface area contributed by atoms with Gasteiger partial charge in [-0.3, -0.25) is 23.9 Å². The lowest BCUT2D eigenvalue weighted by Crippen LogP contribution is -2.49. The van der Waals surface area contributed by atoms with Crippen LogP contribution in [0.4, 0.5) is 35.1 Å². The number of carbonyl (C=O) groups excluding carboxylic acids is 2. The average molecular weight is 859 g/mol.